The zero-order valence-corrected chi connectivity index (χ0v) is 13.4. The zero-order valence-electron chi connectivity index (χ0n) is 12.5. The maximum absolute atomic E-state index is 12.2. The molecule has 0 aromatic rings. The summed E-state index contributed by atoms with van der Waals surface area (Å²) in [6.07, 6.45) is 0. The van der Waals surface area contributed by atoms with Crippen molar-refractivity contribution in [2.45, 2.75) is 25.0 Å². The van der Waals surface area contributed by atoms with Crippen LogP contribution in [-0.4, -0.2) is 57.7 Å². The molecule has 9 nitrogen and oxygen atoms in total. The third-order valence-electron chi connectivity index (χ3n) is 3.71. The van der Waals surface area contributed by atoms with E-state index in [1.807, 2.05) is 0 Å². The van der Waals surface area contributed by atoms with Crippen LogP contribution in [0.15, 0.2) is 0 Å². The summed E-state index contributed by atoms with van der Waals surface area (Å²) in [6, 6.07) is 0. The fraction of sp³-hybridized carbons (Fsp3) is 0.818. The van der Waals surface area contributed by atoms with Gasteiger partial charge in [-0.05, 0) is 0 Å². The summed E-state index contributed by atoms with van der Waals surface area (Å²) in [5.74, 6) is -1.68. The molecule has 2 heterocycles. The monoisotopic (exact) mass is 326 g/mol. The summed E-state index contributed by atoms with van der Waals surface area (Å²) >= 11 is 0. The Hall–Kier alpha value is -0.830. The van der Waals surface area contributed by atoms with E-state index in [1.165, 1.54) is 21.0 Å². The van der Waals surface area contributed by atoms with E-state index < -0.39 is 30.9 Å². The van der Waals surface area contributed by atoms with Gasteiger partial charge >= 0.3 is 121 Å². The molecule has 0 amide bonds. The maximum atomic E-state index is 12.2. The van der Waals surface area contributed by atoms with Crippen molar-refractivity contribution >= 4 is 19.7 Å². The third-order valence-corrected chi connectivity index (χ3v) is 6.84. The predicted octanol–water partition coefficient (Wildman–Crippen LogP) is 0.718. The Bertz CT molecular complexity index is 440. The number of esters is 2. The molecular weight excluding hydrogens is 307 g/mol. The molecule has 0 N–H and O–H groups in total. The Morgan fingerprint density at radius 2 is 1.29 bits per heavy atom. The molecule has 10 heteroatoms. The average molecular weight is 326 g/mol. The molecule has 2 aliphatic heterocycles. The predicted molar refractivity (Wildman–Crippen MR) is 68.8 cm³/mol. The molecule has 2 fully saturated rings. The van der Waals surface area contributed by atoms with Gasteiger partial charge in [0, 0.05) is 0 Å². The molecule has 0 radical (unpaired) electrons. The quantitative estimate of drug-likeness (QED) is 0.548. The van der Waals surface area contributed by atoms with Gasteiger partial charge < -0.3 is 0 Å². The van der Waals surface area contributed by atoms with Crippen molar-refractivity contribution in [2.75, 3.05) is 34.5 Å². The first-order valence-electron chi connectivity index (χ1n) is 6.19. The second kappa shape index (κ2) is 4.84. The summed E-state index contributed by atoms with van der Waals surface area (Å²) in [4.78, 5) is 24.4. The molecule has 1 spiro atoms. The fourth-order valence-corrected chi connectivity index (χ4v) is 5.46. The van der Waals surface area contributed by atoms with Gasteiger partial charge in [0.25, 0.3) is 0 Å². The molecule has 0 aliphatic carbocycles. The van der Waals surface area contributed by atoms with Crippen LogP contribution < -0.4 is 0 Å². The average Bonchev–Trinajstić information content (AvgIpc) is 2.98. The van der Waals surface area contributed by atoms with Crippen LogP contribution in [-0.2, 0) is 41.7 Å². The van der Waals surface area contributed by atoms with Crippen LogP contribution in [0.4, 0.5) is 0 Å². The molecule has 2 saturated heterocycles. The Labute approximate surface area is 122 Å². The van der Waals surface area contributed by atoms with Gasteiger partial charge in [-0.2, -0.15) is 0 Å². The van der Waals surface area contributed by atoms with Gasteiger partial charge in [0.1, 0.15) is 0 Å². The molecule has 2 unspecified atom stereocenters. The topological polar surface area (TPSA) is 98.8 Å². The number of ether oxygens (including phenoxy) is 2. The molecule has 2 rings (SSSR count). The summed E-state index contributed by atoms with van der Waals surface area (Å²) in [5, 5.41) is 0. The second-order valence-electron chi connectivity index (χ2n) is 4.83. The van der Waals surface area contributed by atoms with Crippen molar-refractivity contribution in [3.8, 4) is 0 Å². The van der Waals surface area contributed by atoms with Gasteiger partial charge in [0.2, 0.25) is 0 Å². The van der Waals surface area contributed by atoms with Gasteiger partial charge in [-0.15, -0.1) is 0 Å². The standard InChI is InChI=1S/C11H19O9P/c1-10(8(12)14-3)11(2,9(13)15-4)20-21(16-5,19-10)17-6-7-18-21/h6-7H2,1-5H3. The molecular formula is C11H19O9P. The van der Waals surface area contributed by atoms with Gasteiger partial charge in [-0.3, -0.25) is 0 Å². The van der Waals surface area contributed by atoms with Crippen LogP contribution in [0.3, 0.4) is 0 Å². The van der Waals surface area contributed by atoms with Crippen LogP contribution >= 0.6 is 7.74 Å². The number of rotatable bonds is 3. The van der Waals surface area contributed by atoms with E-state index in [4.69, 9.17) is 32.1 Å². The molecule has 0 aromatic carbocycles. The minimum absolute atomic E-state index is 0.139. The van der Waals surface area contributed by atoms with E-state index >= 15 is 0 Å². The van der Waals surface area contributed by atoms with Crippen molar-refractivity contribution in [3.63, 3.8) is 0 Å². The van der Waals surface area contributed by atoms with Crippen LogP contribution in [0.2, 0.25) is 0 Å². The first kappa shape index (κ1) is 16.5. The van der Waals surface area contributed by atoms with Crippen molar-refractivity contribution < 1.29 is 41.7 Å². The van der Waals surface area contributed by atoms with Crippen LogP contribution in [0.5, 0.6) is 0 Å². The SMILES string of the molecule is COC(=O)C1(C)OP2(OC)(OCCO2)OC1(C)C(=O)OC. The van der Waals surface area contributed by atoms with E-state index in [1.54, 1.807) is 0 Å². The van der Waals surface area contributed by atoms with Crippen LogP contribution in [0.1, 0.15) is 13.8 Å². The van der Waals surface area contributed by atoms with Crippen LogP contribution in [0.25, 0.3) is 0 Å². The third kappa shape index (κ3) is 2.00. The Morgan fingerprint density at radius 1 is 0.905 bits per heavy atom. The van der Waals surface area contributed by atoms with E-state index in [0.717, 1.165) is 14.2 Å². The van der Waals surface area contributed by atoms with Crippen molar-refractivity contribution in [2.24, 2.45) is 0 Å². The van der Waals surface area contributed by atoms with E-state index in [2.05, 4.69) is 0 Å². The van der Waals surface area contributed by atoms with Crippen molar-refractivity contribution in [1.29, 1.82) is 0 Å². The van der Waals surface area contributed by atoms with Gasteiger partial charge in [-0.25, -0.2) is 0 Å². The number of methoxy groups -OCH3 is 2. The first-order chi connectivity index (χ1) is 9.71. The van der Waals surface area contributed by atoms with E-state index in [9.17, 15) is 9.59 Å². The minimum atomic E-state index is -4.51. The molecule has 0 aromatic heterocycles. The molecule has 2 aliphatic rings. The zero-order chi connectivity index (χ0) is 16.0. The molecule has 2 atom stereocenters. The van der Waals surface area contributed by atoms with Gasteiger partial charge in [0.05, 0.1) is 0 Å². The number of hydrogen-bond donors (Lipinski definition) is 0. The molecule has 0 saturated carbocycles. The van der Waals surface area contributed by atoms with Crippen molar-refractivity contribution in [1.82, 2.24) is 0 Å². The molecule has 0 bridgehead atoms. The van der Waals surface area contributed by atoms with E-state index in [-0.39, 0.29) is 13.2 Å². The van der Waals surface area contributed by atoms with Crippen LogP contribution in [0, 0.1) is 0 Å². The number of carbonyl (C=O) groups excluding carboxylic acids is 2. The van der Waals surface area contributed by atoms with Gasteiger partial charge in [-0.1, -0.05) is 0 Å². The molecule has 122 valence electrons. The number of hydrogen-bond acceptors (Lipinski definition) is 9. The van der Waals surface area contributed by atoms with Crippen molar-refractivity contribution in [3.05, 3.63) is 0 Å². The number of carbonyl (C=O) groups is 2. The Balaban J connectivity index is 2.58. The summed E-state index contributed by atoms with van der Waals surface area (Å²) < 4.78 is 37.0. The Kier molecular flexibility index (Phi) is 3.81. The molecule has 21 heavy (non-hydrogen) atoms. The fourth-order valence-electron chi connectivity index (χ4n) is 2.34. The second-order valence-corrected chi connectivity index (χ2v) is 7.56. The first-order valence-corrected chi connectivity index (χ1v) is 8.02. The van der Waals surface area contributed by atoms with E-state index in [0.29, 0.717) is 0 Å². The van der Waals surface area contributed by atoms with Gasteiger partial charge in [0.15, 0.2) is 0 Å². The normalized spacial score (nSPS) is 38.6. The summed E-state index contributed by atoms with van der Waals surface area (Å²) in [6.45, 7) is 2.95. The summed E-state index contributed by atoms with van der Waals surface area (Å²) in [7, 11) is -0.930. The summed E-state index contributed by atoms with van der Waals surface area (Å²) in [5.41, 5.74) is -3.71. The Morgan fingerprint density at radius 3 is 1.57 bits per heavy atom.